The van der Waals surface area contributed by atoms with Crippen LogP contribution in [0.2, 0.25) is 5.02 Å². The molecule has 0 unspecified atom stereocenters. The molecule has 5 nitrogen and oxygen atoms in total. The Hall–Kier alpha value is -3.16. The predicted octanol–water partition coefficient (Wildman–Crippen LogP) is 5.23. The molecule has 0 spiro atoms. The third-order valence-electron chi connectivity index (χ3n) is 5.82. The van der Waals surface area contributed by atoms with Gasteiger partial charge in [-0.3, -0.25) is 14.5 Å². The summed E-state index contributed by atoms with van der Waals surface area (Å²) in [7, 11) is 0. The van der Waals surface area contributed by atoms with Crippen LogP contribution in [0.1, 0.15) is 23.0 Å². The van der Waals surface area contributed by atoms with Gasteiger partial charge in [0.05, 0.1) is 6.54 Å². The largest absolute Gasteiger partial charge is 0.350 e. The van der Waals surface area contributed by atoms with Crippen molar-refractivity contribution in [3.63, 3.8) is 0 Å². The summed E-state index contributed by atoms with van der Waals surface area (Å²) in [5.41, 5.74) is 0.657. The Kier molecular flexibility index (Phi) is 5.03. The smallest absolute Gasteiger partial charge is 0.275 e. The van der Waals surface area contributed by atoms with E-state index in [1.54, 1.807) is 19.1 Å². The topological polar surface area (TPSA) is 54.3 Å². The second-order valence-electron chi connectivity index (χ2n) is 8.00. The fourth-order valence-corrected chi connectivity index (χ4v) is 5.19. The van der Waals surface area contributed by atoms with Gasteiger partial charge in [-0.15, -0.1) is 11.3 Å². The highest BCUT2D eigenvalue weighted by atomic mass is 35.5. The first-order valence-electron chi connectivity index (χ1n) is 10.1. The van der Waals surface area contributed by atoms with Gasteiger partial charge in [-0.25, -0.2) is 4.39 Å². The van der Waals surface area contributed by atoms with Crippen molar-refractivity contribution in [2.75, 3.05) is 4.90 Å². The summed E-state index contributed by atoms with van der Waals surface area (Å²) in [6.45, 7) is 2.32. The van der Waals surface area contributed by atoms with Crippen molar-refractivity contribution in [3.05, 3.63) is 88.1 Å². The molecule has 2 aromatic carbocycles. The van der Waals surface area contributed by atoms with E-state index in [0.29, 0.717) is 22.9 Å². The van der Waals surface area contributed by atoms with Gasteiger partial charge in [-0.1, -0.05) is 23.7 Å². The van der Waals surface area contributed by atoms with E-state index in [0.717, 1.165) is 15.8 Å². The highest BCUT2D eigenvalue weighted by Crippen LogP contribution is 2.37. The molecule has 1 aliphatic rings. The molecule has 4 aromatic rings. The van der Waals surface area contributed by atoms with E-state index in [1.807, 2.05) is 34.2 Å². The first kappa shape index (κ1) is 20.7. The second kappa shape index (κ2) is 7.76. The zero-order valence-corrected chi connectivity index (χ0v) is 18.7. The van der Waals surface area contributed by atoms with Gasteiger partial charge in [0.15, 0.2) is 0 Å². The summed E-state index contributed by atoms with van der Waals surface area (Å²) in [6, 6.07) is 16.6. The number of nitrogens with zero attached hydrogens (tertiary/aromatic N) is 2. The minimum Gasteiger partial charge on any atom is -0.350 e. The van der Waals surface area contributed by atoms with Crippen LogP contribution in [0.3, 0.4) is 0 Å². The van der Waals surface area contributed by atoms with Crippen LogP contribution in [0.4, 0.5) is 10.1 Å². The number of hydrogen-bond donors (Lipinski definition) is 1. The number of hydrogen-bond acceptors (Lipinski definition) is 3. The average molecular weight is 468 g/mol. The maximum absolute atomic E-state index is 13.6. The van der Waals surface area contributed by atoms with Crippen LogP contribution in [0.25, 0.3) is 10.2 Å². The molecule has 0 aliphatic carbocycles. The molecule has 2 aromatic heterocycles. The average Bonchev–Trinajstić information content (AvgIpc) is 3.37. The molecule has 3 heterocycles. The van der Waals surface area contributed by atoms with E-state index >= 15 is 0 Å². The van der Waals surface area contributed by atoms with Crippen LogP contribution in [0.5, 0.6) is 0 Å². The van der Waals surface area contributed by atoms with Gasteiger partial charge in [0.2, 0.25) is 5.91 Å². The molecule has 5 rings (SSSR count). The van der Waals surface area contributed by atoms with Gasteiger partial charge in [-0.05, 0) is 66.4 Å². The Morgan fingerprint density at radius 2 is 1.88 bits per heavy atom. The third kappa shape index (κ3) is 3.38. The first-order valence-corrected chi connectivity index (χ1v) is 11.3. The molecule has 1 N–H and O–H groups in total. The number of nitrogens with one attached hydrogen (secondary N) is 1. The lowest BCUT2D eigenvalue weighted by atomic mass is 9.93. The van der Waals surface area contributed by atoms with Crippen LogP contribution >= 0.6 is 22.9 Å². The van der Waals surface area contributed by atoms with E-state index < -0.39 is 11.4 Å². The van der Waals surface area contributed by atoms with Gasteiger partial charge in [0.1, 0.15) is 21.9 Å². The van der Waals surface area contributed by atoms with Crippen molar-refractivity contribution >= 4 is 50.7 Å². The van der Waals surface area contributed by atoms with E-state index in [4.69, 9.17) is 11.6 Å². The third-order valence-corrected chi connectivity index (χ3v) is 7.03. The number of anilines is 1. The number of amides is 2. The highest BCUT2D eigenvalue weighted by Gasteiger charge is 2.48. The fourth-order valence-electron chi connectivity index (χ4n) is 4.17. The molecule has 2 amide bonds. The van der Waals surface area contributed by atoms with Crippen molar-refractivity contribution < 1.29 is 14.0 Å². The molecule has 0 bridgehead atoms. The summed E-state index contributed by atoms with van der Waals surface area (Å²) in [4.78, 5) is 29.6. The van der Waals surface area contributed by atoms with Crippen molar-refractivity contribution in [3.8, 4) is 0 Å². The molecular weight excluding hydrogens is 449 g/mol. The van der Waals surface area contributed by atoms with Crippen LogP contribution < -0.4 is 10.2 Å². The number of thiophene rings is 1. The number of aromatic nitrogens is 1. The number of fused-ring (bicyclic) bond motifs is 3. The monoisotopic (exact) mass is 467 g/mol. The summed E-state index contributed by atoms with van der Waals surface area (Å²) in [6.07, 6.45) is 0. The van der Waals surface area contributed by atoms with Gasteiger partial charge >= 0.3 is 0 Å². The zero-order valence-electron chi connectivity index (χ0n) is 17.1. The lowest BCUT2D eigenvalue weighted by Gasteiger charge is -2.44. The molecule has 0 fully saturated rings. The van der Waals surface area contributed by atoms with E-state index in [-0.39, 0.29) is 18.4 Å². The van der Waals surface area contributed by atoms with Gasteiger partial charge in [0, 0.05) is 22.6 Å². The van der Waals surface area contributed by atoms with E-state index in [2.05, 4.69) is 5.32 Å². The summed E-state index contributed by atoms with van der Waals surface area (Å²) >= 11 is 7.48. The molecule has 8 heteroatoms. The molecule has 0 saturated carbocycles. The van der Waals surface area contributed by atoms with Gasteiger partial charge < -0.3 is 9.88 Å². The molecule has 32 heavy (non-hydrogen) atoms. The molecule has 1 atom stereocenters. The quantitative estimate of drug-likeness (QED) is 0.446. The maximum Gasteiger partial charge on any atom is 0.275 e. The Bertz CT molecular complexity index is 1330. The first-order chi connectivity index (χ1) is 15.4. The second-order valence-corrected chi connectivity index (χ2v) is 9.33. The van der Waals surface area contributed by atoms with E-state index in [9.17, 15) is 14.0 Å². The van der Waals surface area contributed by atoms with Gasteiger partial charge in [-0.2, -0.15) is 0 Å². The number of carbonyl (C=O) groups is 2. The Balaban J connectivity index is 1.55. The minimum atomic E-state index is -1.22. The van der Waals surface area contributed by atoms with Crippen molar-refractivity contribution in [1.82, 2.24) is 9.88 Å². The van der Waals surface area contributed by atoms with Crippen LogP contribution in [-0.4, -0.2) is 21.9 Å². The Labute approximate surface area is 193 Å². The van der Waals surface area contributed by atoms with E-state index in [1.165, 1.54) is 40.5 Å². The maximum atomic E-state index is 13.6. The normalized spacial score (nSPS) is 18.1. The van der Waals surface area contributed by atoms with Crippen molar-refractivity contribution in [1.29, 1.82) is 0 Å². The number of rotatable bonds is 4. The standard InChI is InChI=1S/C24H19ClFN3O2S/c1-24(23(31)27-13-15-2-4-17(25)5-3-15)14-28-20(12-16-10-11-32-22(16)28)21(30)29(24)19-8-6-18(26)7-9-19/h2-12H,13-14H2,1H3,(H,27,31)/t24-/m0/s1. The summed E-state index contributed by atoms with van der Waals surface area (Å²) in [5, 5.41) is 6.51. The molecule has 0 saturated heterocycles. The summed E-state index contributed by atoms with van der Waals surface area (Å²) < 4.78 is 15.5. The Morgan fingerprint density at radius 1 is 1.16 bits per heavy atom. The number of carbonyl (C=O) groups excluding carboxylic acids is 2. The molecule has 0 radical (unpaired) electrons. The highest BCUT2D eigenvalue weighted by molar-refractivity contribution is 7.16. The van der Waals surface area contributed by atoms with Crippen molar-refractivity contribution in [2.24, 2.45) is 0 Å². The minimum absolute atomic E-state index is 0.280. The van der Waals surface area contributed by atoms with Crippen molar-refractivity contribution in [2.45, 2.75) is 25.6 Å². The summed E-state index contributed by atoms with van der Waals surface area (Å²) in [5.74, 6) is -0.999. The van der Waals surface area contributed by atoms with Crippen LogP contribution in [0, 0.1) is 5.82 Å². The van der Waals surface area contributed by atoms with Crippen LogP contribution in [-0.2, 0) is 17.9 Å². The molecule has 162 valence electrons. The SMILES string of the molecule is C[C@@]1(C(=O)NCc2ccc(Cl)cc2)Cn2c(cc3ccsc32)C(=O)N1c1ccc(F)cc1. The lowest BCUT2D eigenvalue weighted by molar-refractivity contribution is -0.126. The fraction of sp³-hybridized carbons (Fsp3) is 0.167. The number of benzene rings is 2. The molecular formula is C24H19ClFN3O2S. The lowest BCUT2D eigenvalue weighted by Crippen LogP contribution is -2.64. The molecule has 1 aliphatic heterocycles. The zero-order chi connectivity index (χ0) is 22.5. The Morgan fingerprint density at radius 3 is 2.59 bits per heavy atom. The van der Waals surface area contributed by atoms with Crippen LogP contribution in [0.15, 0.2) is 66.0 Å². The predicted molar refractivity (Wildman–Crippen MR) is 125 cm³/mol. The number of halogens is 2. The van der Waals surface area contributed by atoms with Gasteiger partial charge in [0.25, 0.3) is 5.91 Å².